The number of hydrogen-bond acceptors (Lipinski definition) is 5. The SMILES string of the molecule is Cc1noc(C)c1CCNC(=O)c1cnc(Br)cn1. The van der Waals surface area contributed by atoms with E-state index < -0.39 is 0 Å². The maximum Gasteiger partial charge on any atom is 0.271 e. The largest absolute Gasteiger partial charge is 0.361 e. The highest BCUT2D eigenvalue weighted by atomic mass is 79.9. The van der Waals surface area contributed by atoms with E-state index in [0.717, 1.165) is 17.0 Å². The Balaban J connectivity index is 1.89. The average molecular weight is 325 g/mol. The van der Waals surface area contributed by atoms with Crippen LogP contribution in [0.5, 0.6) is 0 Å². The second-order valence-electron chi connectivity index (χ2n) is 4.03. The molecule has 1 amide bonds. The summed E-state index contributed by atoms with van der Waals surface area (Å²) < 4.78 is 5.66. The Kier molecular flexibility index (Phi) is 4.26. The molecule has 0 atom stereocenters. The van der Waals surface area contributed by atoms with E-state index in [-0.39, 0.29) is 5.91 Å². The number of hydrogen-bond donors (Lipinski definition) is 1. The molecule has 2 aromatic rings. The average Bonchev–Trinajstić information content (AvgIpc) is 2.71. The quantitative estimate of drug-likeness (QED) is 0.927. The molecule has 0 saturated heterocycles. The van der Waals surface area contributed by atoms with Crippen molar-refractivity contribution in [1.82, 2.24) is 20.4 Å². The zero-order valence-electron chi connectivity index (χ0n) is 10.6. The van der Waals surface area contributed by atoms with Gasteiger partial charge in [0.25, 0.3) is 5.91 Å². The standard InChI is InChI=1S/C12H13BrN4O2/c1-7-9(8(2)19-17-7)3-4-14-12(18)10-5-16-11(13)6-15-10/h5-6H,3-4H2,1-2H3,(H,14,18). The summed E-state index contributed by atoms with van der Waals surface area (Å²) in [5.41, 5.74) is 2.18. The first-order chi connectivity index (χ1) is 9.08. The van der Waals surface area contributed by atoms with Gasteiger partial charge in [0.2, 0.25) is 0 Å². The molecule has 100 valence electrons. The smallest absolute Gasteiger partial charge is 0.271 e. The van der Waals surface area contributed by atoms with Gasteiger partial charge in [-0.15, -0.1) is 0 Å². The molecule has 0 aliphatic heterocycles. The van der Waals surface area contributed by atoms with Crippen LogP contribution in [0.2, 0.25) is 0 Å². The molecule has 0 fully saturated rings. The Morgan fingerprint density at radius 3 is 2.74 bits per heavy atom. The number of rotatable bonds is 4. The lowest BCUT2D eigenvalue weighted by Crippen LogP contribution is -2.26. The molecule has 6 nitrogen and oxygen atoms in total. The molecule has 0 saturated carbocycles. The molecule has 19 heavy (non-hydrogen) atoms. The number of aryl methyl sites for hydroxylation is 2. The van der Waals surface area contributed by atoms with Crippen molar-refractivity contribution in [2.24, 2.45) is 0 Å². The van der Waals surface area contributed by atoms with Gasteiger partial charge in [0, 0.05) is 12.1 Å². The zero-order chi connectivity index (χ0) is 13.8. The lowest BCUT2D eigenvalue weighted by Gasteiger charge is -2.04. The van der Waals surface area contributed by atoms with Gasteiger partial charge < -0.3 is 9.84 Å². The maximum absolute atomic E-state index is 11.8. The minimum Gasteiger partial charge on any atom is -0.361 e. The predicted octanol–water partition coefficient (Wildman–Crippen LogP) is 1.82. The predicted molar refractivity (Wildman–Crippen MR) is 71.7 cm³/mol. The molecule has 0 aliphatic rings. The van der Waals surface area contributed by atoms with Gasteiger partial charge >= 0.3 is 0 Å². The Morgan fingerprint density at radius 2 is 2.16 bits per heavy atom. The van der Waals surface area contributed by atoms with Crippen molar-refractivity contribution in [2.75, 3.05) is 6.54 Å². The van der Waals surface area contributed by atoms with Crippen LogP contribution in [0, 0.1) is 13.8 Å². The molecule has 0 radical (unpaired) electrons. The van der Waals surface area contributed by atoms with Crippen LogP contribution in [-0.2, 0) is 6.42 Å². The highest BCUT2D eigenvalue weighted by Crippen LogP contribution is 2.12. The topological polar surface area (TPSA) is 80.9 Å². The molecular weight excluding hydrogens is 312 g/mol. The van der Waals surface area contributed by atoms with Crippen molar-refractivity contribution in [1.29, 1.82) is 0 Å². The van der Waals surface area contributed by atoms with E-state index in [0.29, 0.717) is 23.3 Å². The monoisotopic (exact) mass is 324 g/mol. The van der Waals surface area contributed by atoms with Crippen LogP contribution in [0.3, 0.4) is 0 Å². The second kappa shape index (κ2) is 5.92. The van der Waals surface area contributed by atoms with E-state index in [2.05, 4.69) is 36.4 Å². The molecule has 0 spiro atoms. The zero-order valence-corrected chi connectivity index (χ0v) is 12.2. The molecule has 2 rings (SSSR count). The summed E-state index contributed by atoms with van der Waals surface area (Å²) >= 11 is 3.17. The van der Waals surface area contributed by atoms with Crippen molar-refractivity contribution in [2.45, 2.75) is 20.3 Å². The molecule has 0 unspecified atom stereocenters. The van der Waals surface area contributed by atoms with Crippen LogP contribution in [0.25, 0.3) is 0 Å². The third-order valence-corrected chi connectivity index (χ3v) is 3.10. The summed E-state index contributed by atoms with van der Waals surface area (Å²) in [5, 5.41) is 6.65. The van der Waals surface area contributed by atoms with E-state index in [1.807, 2.05) is 13.8 Å². The number of nitrogens with zero attached hydrogens (tertiary/aromatic N) is 3. The van der Waals surface area contributed by atoms with Gasteiger partial charge in [-0.3, -0.25) is 4.79 Å². The number of amides is 1. The molecule has 2 heterocycles. The van der Waals surface area contributed by atoms with E-state index in [9.17, 15) is 4.79 Å². The summed E-state index contributed by atoms with van der Waals surface area (Å²) in [5.74, 6) is 0.543. The number of carbonyl (C=O) groups excluding carboxylic acids is 1. The molecule has 0 aromatic carbocycles. The van der Waals surface area contributed by atoms with Crippen molar-refractivity contribution in [3.63, 3.8) is 0 Å². The Morgan fingerprint density at radius 1 is 1.37 bits per heavy atom. The van der Waals surface area contributed by atoms with E-state index in [4.69, 9.17) is 4.52 Å². The first-order valence-electron chi connectivity index (χ1n) is 5.75. The van der Waals surface area contributed by atoms with Crippen LogP contribution in [0.4, 0.5) is 0 Å². The molecule has 0 aliphatic carbocycles. The van der Waals surface area contributed by atoms with Crippen molar-refractivity contribution in [3.05, 3.63) is 39.7 Å². The Labute approximate surface area is 118 Å². The fraction of sp³-hybridized carbons (Fsp3) is 0.333. The normalized spacial score (nSPS) is 10.5. The van der Waals surface area contributed by atoms with Gasteiger partial charge in [-0.05, 0) is 36.2 Å². The van der Waals surface area contributed by atoms with Gasteiger partial charge in [0.1, 0.15) is 16.1 Å². The van der Waals surface area contributed by atoms with Gasteiger partial charge in [-0.2, -0.15) is 0 Å². The highest BCUT2D eigenvalue weighted by molar-refractivity contribution is 9.10. The first kappa shape index (κ1) is 13.7. The summed E-state index contributed by atoms with van der Waals surface area (Å²) in [6, 6.07) is 0. The van der Waals surface area contributed by atoms with Crippen LogP contribution >= 0.6 is 15.9 Å². The number of aromatic nitrogens is 3. The first-order valence-corrected chi connectivity index (χ1v) is 6.54. The van der Waals surface area contributed by atoms with Crippen LogP contribution in [-0.4, -0.2) is 27.6 Å². The van der Waals surface area contributed by atoms with E-state index in [1.165, 1.54) is 12.4 Å². The molecular formula is C12H13BrN4O2. The summed E-state index contributed by atoms with van der Waals surface area (Å²) in [7, 11) is 0. The molecule has 1 N–H and O–H groups in total. The van der Waals surface area contributed by atoms with Gasteiger partial charge in [-0.1, -0.05) is 5.16 Å². The fourth-order valence-corrected chi connectivity index (χ4v) is 1.88. The van der Waals surface area contributed by atoms with Gasteiger partial charge in [0.15, 0.2) is 0 Å². The van der Waals surface area contributed by atoms with E-state index >= 15 is 0 Å². The highest BCUT2D eigenvalue weighted by Gasteiger charge is 2.10. The minimum absolute atomic E-state index is 0.244. The number of halogens is 1. The molecule has 0 bridgehead atoms. The number of nitrogens with one attached hydrogen (secondary N) is 1. The van der Waals surface area contributed by atoms with E-state index in [1.54, 1.807) is 0 Å². The van der Waals surface area contributed by atoms with Crippen LogP contribution < -0.4 is 5.32 Å². The van der Waals surface area contributed by atoms with Crippen molar-refractivity contribution < 1.29 is 9.32 Å². The second-order valence-corrected chi connectivity index (χ2v) is 4.85. The van der Waals surface area contributed by atoms with Crippen molar-refractivity contribution in [3.8, 4) is 0 Å². The number of carbonyl (C=O) groups is 1. The minimum atomic E-state index is -0.244. The molecule has 2 aromatic heterocycles. The summed E-state index contributed by atoms with van der Waals surface area (Å²) in [4.78, 5) is 19.7. The van der Waals surface area contributed by atoms with Gasteiger partial charge in [-0.25, -0.2) is 9.97 Å². The lowest BCUT2D eigenvalue weighted by molar-refractivity contribution is 0.0948. The third-order valence-electron chi connectivity index (χ3n) is 2.69. The lowest BCUT2D eigenvalue weighted by atomic mass is 10.1. The van der Waals surface area contributed by atoms with Crippen LogP contribution in [0.1, 0.15) is 27.5 Å². The Hall–Kier alpha value is -1.76. The maximum atomic E-state index is 11.8. The molecule has 7 heteroatoms. The van der Waals surface area contributed by atoms with Crippen molar-refractivity contribution >= 4 is 21.8 Å². The third kappa shape index (κ3) is 3.37. The van der Waals surface area contributed by atoms with Gasteiger partial charge in [0.05, 0.1) is 18.1 Å². The fourth-order valence-electron chi connectivity index (χ4n) is 1.68. The van der Waals surface area contributed by atoms with Crippen LogP contribution in [0.15, 0.2) is 21.5 Å². The summed E-state index contributed by atoms with van der Waals surface area (Å²) in [6.45, 7) is 4.24. The Bertz CT molecular complexity index is 560. The summed E-state index contributed by atoms with van der Waals surface area (Å²) in [6.07, 6.45) is 3.59.